The topological polar surface area (TPSA) is 160 Å². The number of H-pyrrole nitrogens is 1. The summed E-state index contributed by atoms with van der Waals surface area (Å²) in [4.78, 5) is 65.7. The molecule has 10 atom stereocenters. The van der Waals surface area contributed by atoms with E-state index in [1.165, 1.54) is 35.4 Å². The molecule has 2 bridgehead atoms. The fourth-order valence-electron chi connectivity index (χ4n) is 13.7. The summed E-state index contributed by atoms with van der Waals surface area (Å²) in [5.41, 5.74) is -2.19. The fourth-order valence-corrected chi connectivity index (χ4v) is 13.7. The number of esters is 4. The molecule has 6 unspecified atom stereocenters. The molecule has 3 aromatic rings. The second-order valence-electron chi connectivity index (χ2n) is 19.0. The molecule has 2 N–H and O–H groups in total. The van der Waals surface area contributed by atoms with Gasteiger partial charge < -0.3 is 43.6 Å². The van der Waals surface area contributed by atoms with Crippen molar-refractivity contribution in [3.63, 3.8) is 0 Å². The van der Waals surface area contributed by atoms with E-state index < -0.39 is 81.7 Å². The summed E-state index contributed by atoms with van der Waals surface area (Å²) >= 11 is 0. The Balaban J connectivity index is 1.36. The number of aliphatic hydroxyl groups is 1. The molecule has 14 nitrogen and oxygen atoms in total. The van der Waals surface area contributed by atoms with Gasteiger partial charge in [-0.25, -0.2) is 18.4 Å². The van der Waals surface area contributed by atoms with E-state index >= 15 is 13.6 Å². The normalized spacial score (nSPS) is 34.0. The number of aromatic amines is 1. The van der Waals surface area contributed by atoms with Gasteiger partial charge in [-0.3, -0.25) is 14.5 Å². The zero-order valence-corrected chi connectivity index (χ0v) is 37.7. The maximum Gasteiger partial charge on any atom is 0.344 e. The Kier molecular flexibility index (Phi) is 10.5. The first-order valence-electron chi connectivity index (χ1n) is 22.2. The van der Waals surface area contributed by atoms with Gasteiger partial charge in [-0.15, -0.1) is 0 Å². The molecule has 1 aliphatic carbocycles. The molecule has 3 fully saturated rings. The molecule has 344 valence electrons. The number of aromatic nitrogens is 1. The lowest BCUT2D eigenvalue weighted by Gasteiger charge is -2.63. The quantitative estimate of drug-likeness (QED) is 0.179. The number of hydrogen-bond donors (Lipinski definition) is 2. The fraction of sp³-hybridized carbons (Fsp3) is 0.583. The standard InChI is InChI=1S/C48H58F2N4O10/c1-9-45-14-10-16-54-18-15-46(39(45)54)32-21-33(36(60-5)22-35(32)52(4)40(46)48(59,43(58)63-8)41(45)64-26(2)55)47(42(57)62-7)23-27-19-29(44(3,49)50)25-53(24-27)17-13-30-31-20-28(38(56)61-6)11-12-34(31)51-37(30)47/h10-12,14,20-22,27,29,39-41,51,59H,9,13,15-19,23-25H2,1-8H3/t27?,29?,39?,40?,41-,45-,46?,47-,48+/m0/s1. The summed E-state index contributed by atoms with van der Waals surface area (Å²) in [6.07, 6.45) is 4.07. The summed E-state index contributed by atoms with van der Waals surface area (Å²) < 4.78 is 59.8. The Morgan fingerprint density at radius 1 is 0.969 bits per heavy atom. The molecule has 5 aliphatic heterocycles. The van der Waals surface area contributed by atoms with Crippen LogP contribution in [0.2, 0.25) is 0 Å². The minimum absolute atomic E-state index is 0.0612. The first kappa shape index (κ1) is 44.2. The predicted octanol–water partition coefficient (Wildman–Crippen LogP) is 4.91. The molecule has 2 aromatic carbocycles. The average molecular weight is 889 g/mol. The van der Waals surface area contributed by atoms with E-state index in [4.69, 9.17) is 23.7 Å². The van der Waals surface area contributed by atoms with Crippen molar-refractivity contribution in [2.24, 2.45) is 17.3 Å². The third kappa shape index (κ3) is 5.89. The van der Waals surface area contributed by atoms with E-state index in [2.05, 4.69) is 14.8 Å². The second-order valence-corrected chi connectivity index (χ2v) is 19.0. The highest BCUT2D eigenvalue weighted by atomic mass is 19.3. The van der Waals surface area contributed by atoms with Crippen LogP contribution < -0.4 is 9.64 Å². The lowest BCUT2D eigenvalue weighted by Crippen LogP contribution is -2.81. The van der Waals surface area contributed by atoms with E-state index in [1.807, 2.05) is 36.1 Å². The molecule has 1 aromatic heterocycles. The Hall–Kier alpha value is -5.06. The van der Waals surface area contributed by atoms with E-state index in [-0.39, 0.29) is 19.4 Å². The number of ether oxygens (including phenoxy) is 5. The Labute approximate surface area is 371 Å². The van der Waals surface area contributed by atoms with Gasteiger partial charge in [0.25, 0.3) is 0 Å². The highest BCUT2D eigenvalue weighted by molar-refractivity contribution is 5.99. The summed E-state index contributed by atoms with van der Waals surface area (Å²) in [5, 5.41) is 14.0. The molecule has 16 heteroatoms. The number of nitrogens with zero attached hydrogens (tertiary/aromatic N) is 3. The first-order valence-corrected chi connectivity index (χ1v) is 22.2. The number of carbonyl (C=O) groups is 4. The molecular formula is C48H58F2N4O10. The number of fused-ring (bicyclic) bond motifs is 6. The Morgan fingerprint density at radius 2 is 1.72 bits per heavy atom. The van der Waals surface area contributed by atoms with Crippen molar-refractivity contribution in [2.45, 2.75) is 93.4 Å². The third-order valence-corrected chi connectivity index (χ3v) is 16.1. The van der Waals surface area contributed by atoms with Crippen LogP contribution in [0.5, 0.6) is 5.75 Å². The molecule has 2 saturated heterocycles. The molecule has 6 heterocycles. The van der Waals surface area contributed by atoms with Crippen molar-refractivity contribution in [2.75, 3.05) is 73.1 Å². The van der Waals surface area contributed by atoms with Crippen LogP contribution in [0.1, 0.15) is 79.2 Å². The van der Waals surface area contributed by atoms with Gasteiger partial charge in [0.1, 0.15) is 11.2 Å². The maximum absolute atomic E-state index is 15.5. The van der Waals surface area contributed by atoms with Gasteiger partial charge >= 0.3 is 23.9 Å². The molecular weight excluding hydrogens is 831 g/mol. The zero-order chi connectivity index (χ0) is 45.9. The number of rotatable bonds is 8. The van der Waals surface area contributed by atoms with Gasteiger partial charge in [0.15, 0.2) is 6.10 Å². The van der Waals surface area contributed by atoms with Crippen LogP contribution in [0.4, 0.5) is 14.5 Å². The molecule has 0 radical (unpaired) electrons. The van der Waals surface area contributed by atoms with Gasteiger partial charge in [0.2, 0.25) is 11.5 Å². The van der Waals surface area contributed by atoms with Crippen LogP contribution in [-0.4, -0.2) is 142 Å². The van der Waals surface area contributed by atoms with Gasteiger partial charge in [0, 0.05) is 96.9 Å². The highest BCUT2D eigenvalue weighted by Crippen LogP contribution is 2.68. The number of piperidine rings is 1. The number of carbonyl (C=O) groups excluding carboxylic acids is 4. The minimum atomic E-state index is -2.99. The number of anilines is 1. The Morgan fingerprint density at radius 3 is 2.38 bits per heavy atom. The average Bonchev–Trinajstić information content (AvgIpc) is 3.94. The van der Waals surface area contributed by atoms with Crippen LogP contribution in [0.25, 0.3) is 10.9 Å². The van der Waals surface area contributed by atoms with Crippen molar-refractivity contribution in [1.29, 1.82) is 0 Å². The number of halogens is 2. The lowest BCUT2D eigenvalue weighted by atomic mass is 9.47. The molecule has 9 rings (SSSR count). The monoisotopic (exact) mass is 888 g/mol. The van der Waals surface area contributed by atoms with Crippen molar-refractivity contribution in [1.82, 2.24) is 14.8 Å². The van der Waals surface area contributed by atoms with Gasteiger partial charge in [-0.1, -0.05) is 19.1 Å². The van der Waals surface area contributed by atoms with Crippen LogP contribution in [0.15, 0.2) is 42.5 Å². The number of nitrogens with one attached hydrogen (secondary N) is 1. The summed E-state index contributed by atoms with van der Waals surface area (Å²) in [6.45, 7) is 6.38. The summed E-state index contributed by atoms with van der Waals surface area (Å²) in [7, 11) is 7.13. The molecule has 64 heavy (non-hydrogen) atoms. The van der Waals surface area contributed by atoms with E-state index in [9.17, 15) is 19.5 Å². The number of hydrogen-bond acceptors (Lipinski definition) is 13. The predicted molar refractivity (Wildman–Crippen MR) is 231 cm³/mol. The van der Waals surface area contributed by atoms with Crippen LogP contribution in [0.3, 0.4) is 0 Å². The highest BCUT2D eigenvalue weighted by Gasteiger charge is 2.80. The molecule has 0 amide bonds. The third-order valence-electron chi connectivity index (χ3n) is 16.1. The molecule has 1 spiro atoms. The van der Waals surface area contributed by atoms with E-state index in [1.54, 1.807) is 25.2 Å². The van der Waals surface area contributed by atoms with Gasteiger partial charge in [-0.2, -0.15) is 0 Å². The Bertz CT molecular complexity index is 2470. The van der Waals surface area contributed by atoms with E-state index in [0.29, 0.717) is 84.6 Å². The summed E-state index contributed by atoms with van der Waals surface area (Å²) in [6, 6.07) is 7.53. The largest absolute Gasteiger partial charge is 0.496 e. The SMILES string of the molecule is CC[C@@]12C=CCN3CCC4(c5cc([C@@]6(C(=O)OC)CC7CC(C(C)(F)F)CN(CCc8c6[nH]c6ccc(C(=O)OC)cc86)C7)c(OC)cc5N(C)C4[C@](O)(C(=O)OC)[C@H]1OC(C)=O)C32. The smallest absolute Gasteiger partial charge is 0.344 e. The van der Waals surface area contributed by atoms with Gasteiger partial charge in [0.05, 0.1) is 40.0 Å². The molecule has 1 saturated carbocycles. The number of benzene rings is 2. The van der Waals surface area contributed by atoms with Crippen molar-refractivity contribution >= 4 is 40.5 Å². The van der Waals surface area contributed by atoms with Crippen LogP contribution in [0, 0.1) is 17.3 Å². The number of methoxy groups -OCH3 is 4. The van der Waals surface area contributed by atoms with Crippen molar-refractivity contribution in [3.8, 4) is 5.75 Å². The first-order chi connectivity index (χ1) is 30.4. The number of alkyl halides is 2. The molecule has 6 aliphatic rings. The van der Waals surface area contributed by atoms with Crippen LogP contribution >= 0.6 is 0 Å². The van der Waals surface area contributed by atoms with Gasteiger partial charge in [-0.05, 0) is 86.9 Å². The van der Waals surface area contributed by atoms with E-state index in [0.717, 1.165) is 18.1 Å². The van der Waals surface area contributed by atoms with Crippen LogP contribution in [-0.2, 0) is 50.6 Å². The maximum atomic E-state index is 15.5. The van der Waals surface area contributed by atoms with Crippen molar-refractivity contribution < 1.29 is 56.7 Å². The number of likely N-dealkylation sites (N-methyl/N-ethyl adjacent to an activating group) is 1. The van der Waals surface area contributed by atoms with Crippen molar-refractivity contribution in [3.05, 3.63) is 70.4 Å². The second kappa shape index (κ2) is 15.3. The lowest BCUT2D eigenvalue weighted by molar-refractivity contribution is -0.228. The minimum Gasteiger partial charge on any atom is -0.496 e. The zero-order valence-electron chi connectivity index (χ0n) is 37.7. The summed E-state index contributed by atoms with van der Waals surface area (Å²) in [5.74, 6) is -6.86.